The van der Waals surface area contributed by atoms with Crippen molar-refractivity contribution >= 4 is 17.2 Å². The van der Waals surface area contributed by atoms with E-state index >= 15 is 0 Å². The second-order valence-electron chi connectivity index (χ2n) is 8.05. The van der Waals surface area contributed by atoms with Crippen molar-refractivity contribution in [2.45, 2.75) is 45.2 Å². The van der Waals surface area contributed by atoms with Gasteiger partial charge in [-0.2, -0.15) is 0 Å². The molecule has 0 radical (unpaired) electrons. The molecule has 2 aromatic rings. The zero-order valence-corrected chi connectivity index (χ0v) is 17.0. The van der Waals surface area contributed by atoms with Crippen LogP contribution in [0.1, 0.15) is 43.7 Å². The lowest BCUT2D eigenvalue weighted by molar-refractivity contribution is 0.349. The molecule has 1 aliphatic carbocycles. The minimum absolute atomic E-state index is 0.106. The monoisotopic (exact) mass is 381 g/mol. The number of nitrogens with one attached hydrogen (secondary N) is 4. The van der Waals surface area contributed by atoms with Gasteiger partial charge in [-0.15, -0.1) is 0 Å². The third-order valence-corrected chi connectivity index (χ3v) is 5.36. The smallest absolute Gasteiger partial charge is 0.261 e. The van der Waals surface area contributed by atoms with Crippen LogP contribution in [0.5, 0.6) is 0 Å². The number of H-pyrrole nitrogens is 1. The van der Waals surface area contributed by atoms with Gasteiger partial charge >= 0.3 is 0 Å². The van der Waals surface area contributed by atoms with Crippen LogP contribution in [0.4, 0.5) is 11.4 Å². The molecule has 1 fully saturated rings. The van der Waals surface area contributed by atoms with E-state index < -0.39 is 0 Å². The molecule has 6 heteroatoms. The van der Waals surface area contributed by atoms with Gasteiger partial charge in [-0.1, -0.05) is 31.9 Å². The van der Waals surface area contributed by atoms with Crippen LogP contribution >= 0.6 is 0 Å². The minimum atomic E-state index is -0.254. The lowest BCUT2D eigenvalue weighted by Crippen LogP contribution is -2.33. The first-order valence-corrected chi connectivity index (χ1v) is 10.0. The van der Waals surface area contributed by atoms with Crippen LogP contribution < -0.4 is 16.2 Å². The molecule has 1 aromatic heterocycles. The molecule has 0 saturated heterocycles. The van der Waals surface area contributed by atoms with Crippen molar-refractivity contribution in [3.05, 3.63) is 58.0 Å². The van der Waals surface area contributed by atoms with Gasteiger partial charge in [-0.25, -0.2) is 0 Å². The van der Waals surface area contributed by atoms with E-state index in [-0.39, 0.29) is 11.4 Å². The van der Waals surface area contributed by atoms with Crippen molar-refractivity contribution in [3.8, 4) is 0 Å². The zero-order valence-electron chi connectivity index (χ0n) is 17.0. The van der Waals surface area contributed by atoms with Gasteiger partial charge in [0.2, 0.25) is 0 Å². The van der Waals surface area contributed by atoms with Crippen molar-refractivity contribution in [2.24, 2.45) is 5.92 Å². The Morgan fingerprint density at radius 3 is 2.79 bits per heavy atom. The number of hydrogen-bond donors (Lipinski definition) is 4. The molecule has 1 aromatic carbocycles. The molecule has 1 aliphatic rings. The Kier molecular flexibility index (Phi) is 6.52. The molecule has 6 nitrogen and oxygen atoms in total. The van der Waals surface area contributed by atoms with E-state index in [0.717, 1.165) is 29.9 Å². The van der Waals surface area contributed by atoms with Crippen molar-refractivity contribution in [1.29, 1.82) is 5.41 Å². The molecule has 0 bridgehead atoms. The summed E-state index contributed by atoms with van der Waals surface area (Å²) in [4.78, 5) is 17.3. The highest BCUT2D eigenvalue weighted by Crippen LogP contribution is 2.27. The maximum atomic E-state index is 12.5. The fourth-order valence-corrected chi connectivity index (χ4v) is 3.90. The first kappa shape index (κ1) is 20.1. The summed E-state index contributed by atoms with van der Waals surface area (Å²) in [6.45, 7) is 3.07. The van der Waals surface area contributed by atoms with Crippen molar-refractivity contribution in [2.75, 3.05) is 24.7 Å². The highest BCUT2D eigenvalue weighted by atomic mass is 16.1. The number of rotatable bonds is 6. The maximum Gasteiger partial charge on any atom is 0.261 e. The summed E-state index contributed by atoms with van der Waals surface area (Å²) in [5.74, 6) is 0.667. The van der Waals surface area contributed by atoms with E-state index in [1.165, 1.54) is 19.3 Å². The Hall–Kier alpha value is -2.60. The molecular formula is C22H31N5O. The van der Waals surface area contributed by atoms with Crippen molar-refractivity contribution in [1.82, 2.24) is 9.88 Å². The first-order valence-electron chi connectivity index (χ1n) is 10.0. The Morgan fingerprint density at radius 2 is 2.04 bits per heavy atom. The van der Waals surface area contributed by atoms with Crippen molar-refractivity contribution in [3.63, 3.8) is 0 Å². The van der Waals surface area contributed by atoms with E-state index in [4.69, 9.17) is 5.41 Å². The highest BCUT2D eigenvalue weighted by molar-refractivity contribution is 6.09. The van der Waals surface area contributed by atoms with Crippen LogP contribution in [0, 0.1) is 11.3 Å². The summed E-state index contributed by atoms with van der Waals surface area (Å²) in [6, 6.07) is 10.2. The molecule has 4 N–H and O–H groups in total. The third-order valence-electron chi connectivity index (χ3n) is 5.36. The predicted molar refractivity (Wildman–Crippen MR) is 116 cm³/mol. The zero-order chi connectivity index (χ0) is 20.1. The van der Waals surface area contributed by atoms with Crippen LogP contribution in [-0.2, 0) is 6.54 Å². The molecule has 1 saturated carbocycles. The molecule has 2 atom stereocenters. The van der Waals surface area contributed by atoms with E-state index in [9.17, 15) is 4.79 Å². The molecule has 0 amide bonds. The standard InChI is InChI=1S/C22H31N5O/c1-15-7-4-5-10-18(15)26-19-11-12-24-22(28)20(19)21(23)25-17-9-6-8-16(13-17)14-27(2)3/h6,8-9,11-13,15,18H,4-5,7,10,14H2,1-3H3,(H2,23,25)(H2,24,26,28)/t15-,18-/m0/s1. The largest absolute Gasteiger partial charge is 0.381 e. The number of amidine groups is 1. The number of benzene rings is 1. The Labute approximate surface area is 166 Å². The molecule has 150 valence electrons. The summed E-state index contributed by atoms with van der Waals surface area (Å²) >= 11 is 0. The van der Waals surface area contributed by atoms with Gasteiger partial charge in [0.25, 0.3) is 5.56 Å². The molecule has 28 heavy (non-hydrogen) atoms. The molecular weight excluding hydrogens is 350 g/mol. The second kappa shape index (κ2) is 9.06. The predicted octanol–water partition coefficient (Wildman–Crippen LogP) is 3.86. The average molecular weight is 382 g/mol. The summed E-state index contributed by atoms with van der Waals surface area (Å²) in [6.07, 6.45) is 6.41. The number of aromatic amines is 1. The summed E-state index contributed by atoms with van der Waals surface area (Å²) < 4.78 is 0. The normalized spacial score (nSPS) is 19.4. The van der Waals surface area contributed by atoms with E-state index in [2.05, 4.69) is 33.5 Å². The lowest BCUT2D eigenvalue weighted by Gasteiger charge is -2.31. The maximum absolute atomic E-state index is 12.5. The van der Waals surface area contributed by atoms with Crippen LogP contribution in [0.3, 0.4) is 0 Å². The fraction of sp³-hybridized carbons (Fsp3) is 0.455. The summed E-state index contributed by atoms with van der Waals surface area (Å²) in [5.41, 5.74) is 2.79. The fourth-order valence-electron chi connectivity index (χ4n) is 3.90. The third kappa shape index (κ3) is 5.01. The SMILES string of the molecule is C[C@H]1CCCC[C@@H]1Nc1cc[nH]c(=O)c1C(=N)Nc1cccc(CN(C)C)c1. The molecule has 1 heterocycles. The molecule has 0 aliphatic heterocycles. The van der Waals surface area contributed by atoms with E-state index in [0.29, 0.717) is 17.5 Å². The lowest BCUT2D eigenvalue weighted by atomic mass is 9.85. The van der Waals surface area contributed by atoms with E-state index in [1.807, 2.05) is 38.4 Å². The van der Waals surface area contributed by atoms with E-state index in [1.54, 1.807) is 6.20 Å². The molecule has 3 rings (SSSR count). The Morgan fingerprint density at radius 1 is 1.25 bits per heavy atom. The number of nitrogens with zero attached hydrogens (tertiary/aromatic N) is 1. The molecule has 0 unspecified atom stereocenters. The number of pyridine rings is 1. The second-order valence-corrected chi connectivity index (χ2v) is 8.05. The van der Waals surface area contributed by atoms with Gasteiger partial charge in [0.15, 0.2) is 0 Å². The number of aromatic nitrogens is 1. The van der Waals surface area contributed by atoms with Gasteiger partial charge in [0, 0.05) is 24.5 Å². The minimum Gasteiger partial charge on any atom is -0.381 e. The van der Waals surface area contributed by atoms with Crippen LogP contribution in [-0.4, -0.2) is 35.9 Å². The van der Waals surface area contributed by atoms with Gasteiger partial charge < -0.3 is 20.5 Å². The molecule has 0 spiro atoms. The summed E-state index contributed by atoms with van der Waals surface area (Å²) in [7, 11) is 4.05. The van der Waals surface area contributed by atoms with Gasteiger partial charge in [0.05, 0.1) is 5.69 Å². The first-order chi connectivity index (χ1) is 13.4. The number of hydrogen-bond acceptors (Lipinski definition) is 4. The topological polar surface area (TPSA) is 84.0 Å². The van der Waals surface area contributed by atoms with Gasteiger partial charge in [0.1, 0.15) is 11.4 Å². The Balaban J connectivity index is 1.81. The van der Waals surface area contributed by atoms with Crippen LogP contribution in [0.2, 0.25) is 0 Å². The van der Waals surface area contributed by atoms with Crippen LogP contribution in [0.15, 0.2) is 41.3 Å². The quantitative estimate of drug-likeness (QED) is 0.452. The Bertz CT molecular complexity index is 873. The van der Waals surface area contributed by atoms with Gasteiger partial charge in [-0.3, -0.25) is 10.2 Å². The number of anilines is 2. The van der Waals surface area contributed by atoms with Crippen molar-refractivity contribution < 1.29 is 0 Å². The van der Waals surface area contributed by atoms with Crippen LogP contribution in [0.25, 0.3) is 0 Å². The summed E-state index contributed by atoms with van der Waals surface area (Å²) in [5, 5.41) is 15.2. The van der Waals surface area contributed by atoms with Gasteiger partial charge in [-0.05, 0) is 56.6 Å². The highest BCUT2D eigenvalue weighted by Gasteiger charge is 2.23. The average Bonchev–Trinajstić information content (AvgIpc) is 2.63.